The molecule has 0 spiro atoms. The van der Waals surface area contributed by atoms with Gasteiger partial charge in [-0.3, -0.25) is 0 Å². The van der Waals surface area contributed by atoms with Crippen LogP contribution in [0.1, 0.15) is 5.56 Å². The molecule has 0 saturated heterocycles. The Kier molecular flexibility index (Phi) is 3.26. The first-order valence-electron chi connectivity index (χ1n) is 4.85. The average Bonchev–Trinajstić information content (AvgIpc) is 2.36. The minimum atomic E-state index is -0.664. The van der Waals surface area contributed by atoms with Crippen LogP contribution in [0.25, 0.3) is 0 Å². The van der Waals surface area contributed by atoms with Crippen LogP contribution in [-0.4, -0.2) is 9.97 Å². The van der Waals surface area contributed by atoms with E-state index >= 15 is 0 Å². The van der Waals surface area contributed by atoms with Crippen molar-refractivity contribution in [3.05, 3.63) is 40.8 Å². The zero-order valence-electron chi connectivity index (χ0n) is 8.98. The summed E-state index contributed by atoms with van der Waals surface area (Å²) in [5, 5.41) is 11.8. The van der Waals surface area contributed by atoms with Crippen molar-refractivity contribution in [2.24, 2.45) is 0 Å². The fraction of sp³-hybridized carbons (Fsp3) is 0. The number of nitrogens with two attached hydrogens (primary N) is 1. The fourth-order valence-electron chi connectivity index (χ4n) is 1.29. The number of halogens is 2. The molecule has 3 N–H and O–H groups in total. The minimum Gasteiger partial charge on any atom is -0.368 e. The summed E-state index contributed by atoms with van der Waals surface area (Å²) in [7, 11) is 0. The molecule has 1 aromatic carbocycles. The molecule has 2 aromatic rings. The Bertz CT molecular complexity index is 638. The van der Waals surface area contributed by atoms with E-state index in [0.717, 1.165) is 6.20 Å². The zero-order valence-corrected chi connectivity index (χ0v) is 9.74. The summed E-state index contributed by atoms with van der Waals surface area (Å²) >= 11 is 5.93. The lowest BCUT2D eigenvalue weighted by Crippen LogP contribution is -2.03. The predicted molar refractivity (Wildman–Crippen MR) is 65.9 cm³/mol. The van der Waals surface area contributed by atoms with Crippen molar-refractivity contribution in [1.82, 2.24) is 9.97 Å². The van der Waals surface area contributed by atoms with E-state index in [1.54, 1.807) is 6.07 Å². The maximum absolute atomic E-state index is 13.4. The van der Waals surface area contributed by atoms with E-state index in [4.69, 9.17) is 22.6 Å². The highest BCUT2D eigenvalue weighted by atomic mass is 35.5. The lowest BCUT2D eigenvalue weighted by molar-refractivity contribution is 0.620. The maximum Gasteiger partial charge on any atom is 0.222 e. The number of aromatic nitrogens is 2. The zero-order chi connectivity index (χ0) is 13.1. The number of hydrogen-bond acceptors (Lipinski definition) is 5. The van der Waals surface area contributed by atoms with Gasteiger partial charge in [0.25, 0.3) is 0 Å². The first-order valence-corrected chi connectivity index (χ1v) is 5.22. The molecule has 0 aliphatic rings. The van der Waals surface area contributed by atoms with Crippen molar-refractivity contribution >= 4 is 29.1 Å². The third-order valence-electron chi connectivity index (χ3n) is 2.11. The van der Waals surface area contributed by atoms with Crippen LogP contribution < -0.4 is 11.1 Å². The van der Waals surface area contributed by atoms with Gasteiger partial charge in [-0.05, 0) is 18.2 Å². The van der Waals surface area contributed by atoms with Gasteiger partial charge in [0.15, 0.2) is 11.6 Å². The Morgan fingerprint density at radius 2 is 2.22 bits per heavy atom. The topological polar surface area (TPSA) is 87.6 Å². The molecule has 1 heterocycles. The third-order valence-corrected chi connectivity index (χ3v) is 2.44. The molecule has 0 amide bonds. The lowest BCUT2D eigenvalue weighted by Gasteiger charge is -2.08. The SMILES string of the molecule is N#Cc1ccc(Cl)c(Nc2nc(N)ncc2F)c1. The molecule has 0 radical (unpaired) electrons. The second kappa shape index (κ2) is 4.85. The van der Waals surface area contributed by atoms with Gasteiger partial charge in [-0.1, -0.05) is 11.6 Å². The van der Waals surface area contributed by atoms with Crippen LogP contribution in [0.15, 0.2) is 24.4 Å². The van der Waals surface area contributed by atoms with Crippen molar-refractivity contribution in [2.75, 3.05) is 11.1 Å². The molecular formula is C11H7ClFN5. The van der Waals surface area contributed by atoms with Gasteiger partial charge in [-0.25, -0.2) is 9.37 Å². The second-order valence-electron chi connectivity index (χ2n) is 3.36. The van der Waals surface area contributed by atoms with E-state index in [2.05, 4.69) is 15.3 Å². The Morgan fingerprint density at radius 3 is 2.94 bits per heavy atom. The Morgan fingerprint density at radius 1 is 1.44 bits per heavy atom. The smallest absolute Gasteiger partial charge is 0.222 e. The summed E-state index contributed by atoms with van der Waals surface area (Å²) in [5.74, 6) is -0.825. The van der Waals surface area contributed by atoms with Crippen LogP contribution >= 0.6 is 11.6 Å². The molecule has 0 aliphatic carbocycles. The summed E-state index contributed by atoms with van der Waals surface area (Å²) in [6.07, 6.45) is 0.951. The lowest BCUT2D eigenvalue weighted by atomic mass is 10.2. The summed E-state index contributed by atoms with van der Waals surface area (Å²) in [6.45, 7) is 0. The summed E-state index contributed by atoms with van der Waals surface area (Å²) in [6, 6.07) is 6.53. The summed E-state index contributed by atoms with van der Waals surface area (Å²) < 4.78 is 13.4. The van der Waals surface area contributed by atoms with Crippen molar-refractivity contribution in [1.29, 1.82) is 5.26 Å². The molecule has 0 fully saturated rings. The number of rotatable bonds is 2. The Hall–Kier alpha value is -2.39. The molecule has 1 aromatic heterocycles. The minimum absolute atomic E-state index is 0.0635. The molecule has 7 heteroatoms. The molecule has 90 valence electrons. The Labute approximate surface area is 107 Å². The van der Waals surface area contributed by atoms with E-state index in [-0.39, 0.29) is 11.8 Å². The first kappa shape index (κ1) is 12.1. The number of nitrogens with zero attached hydrogens (tertiary/aromatic N) is 3. The number of nitrogens with one attached hydrogen (secondary N) is 1. The Balaban J connectivity index is 2.39. The molecule has 0 saturated carbocycles. The molecule has 0 aliphatic heterocycles. The molecule has 0 bridgehead atoms. The average molecular weight is 264 g/mol. The van der Waals surface area contributed by atoms with Gasteiger partial charge in [-0.2, -0.15) is 10.2 Å². The van der Waals surface area contributed by atoms with E-state index in [1.807, 2.05) is 6.07 Å². The second-order valence-corrected chi connectivity index (χ2v) is 3.76. The number of anilines is 3. The predicted octanol–water partition coefficient (Wildman–Crippen LogP) is 2.47. The largest absolute Gasteiger partial charge is 0.368 e. The third kappa shape index (κ3) is 2.47. The van der Waals surface area contributed by atoms with Crippen LogP contribution in [0.5, 0.6) is 0 Å². The van der Waals surface area contributed by atoms with Crippen LogP contribution in [0.4, 0.5) is 21.8 Å². The van der Waals surface area contributed by atoms with Gasteiger partial charge in [0.05, 0.1) is 28.5 Å². The monoisotopic (exact) mass is 263 g/mol. The van der Waals surface area contributed by atoms with Crippen molar-refractivity contribution in [3.8, 4) is 6.07 Å². The number of nitrogen functional groups attached to an aromatic ring is 1. The van der Waals surface area contributed by atoms with Crippen LogP contribution in [0.2, 0.25) is 5.02 Å². The highest BCUT2D eigenvalue weighted by molar-refractivity contribution is 6.33. The van der Waals surface area contributed by atoms with Crippen molar-refractivity contribution in [2.45, 2.75) is 0 Å². The molecule has 5 nitrogen and oxygen atoms in total. The van der Waals surface area contributed by atoms with Gasteiger partial charge in [-0.15, -0.1) is 0 Å². The standard InChI is InChI=1S/C11H7ClFN5/c12-7-2-1-6(4-14)3-9(7)17-10-8(13)5-16-11(15)18-10/h1-3,5H,(H3,15,16,17,18). The van der Waals surface area contributed by atoms with Gasteiger partial charge >= 0.3 is 0 Å². The molecule has 0 unspecified atom stereocenters. The number of hydrogen-bond donors (Lipinski definition) is 2. The highest BCUT2D eigenvalue weighted by Crippen LogP contribution is 2.26. The number of nitriles is 1. The van der Waals surface area contributed by atoms with Crippen molar-refractivity contribution < 1.29 is 4.39 Å². The van der Waals surface area contributed by atoms with Crippen LogP contribution in [0, 0.1) is 17.1 Å². The molecular weight excluding hydrogens is 257 g/mol. The highest BCUT2D eigenvalue weighted by Gasteiger charge is 2.08. The first-order chi connectivity index (χ1) is 8.60. The van der Waals surface area contributed by atoms with Gasteiger partial charge < -0.3 is 11.1 Å². The normalized spacial score (nSPS) is 9.83. The van der Waals surface area contributed by atoms with E-state index in [9.17, 15) is 4.39 Å². The quantitative estimate of drug-likeness (QED) is 0.869. The van der Waals surface area contributed by atoms with Crippen LogP contribution in [-0.2, 0) is 0 Å². The van der Waals surface area contributed by atoms with Crippen molar-refractivity contribution in [3.63, 3.8) is 0 Å². The molecule has 2 rings (SSSR count). The van der Waals surface area contributed by atoms with Gasteiger partial charge in [0, 0.05) is 0 Å². The van der Waals surface area contributed by atoms with E-state index in [0.29, 0.717) is 16.3 Å². The molecule has 18 heavy (non-hydrogen) atoms. The van der Waals surface area contributed by atoms with E-state index < -0.39 is 5.82 Å². The molecule has 0 atom stereocenters. The summed E-state index contributed by atoms with van der Waals surface area (Å²) in [5.41, 5.74) is 6.12. The van der Waals surface area contributed by atoms with Crippen LogP contribution in [0.3, 0.4) is 0 Å². The number of benzene rings is 1. The maximum atomic E-state index is 13.4. The van der Waals surface area contributed by atoms with Gasteiger partial charge in [0.1, 0.15) is 0 Å². The summed E-state index contributed by atoms with van der Waals surface area (Å²) in [4.78, 5) is 7.21. The van der Waals surface area contributed by atoms with Gasteiger partial charge in [0.2, 0.25) is 5.95 Å². The van der Waals surface area contributed by atoms with E-state index in [1.165, 1.54) is 12.1 Å². The fourth-order valence-corrected chi connectivity index (χ4v) is 1.45.